The molecule has 0 aromatic rings. The molecule has 0 aromatic heterocycles. The molecule has 2 N–H and O–H groups in total. The van der Waals surface area contributed by atoms with Crippen LogP contribution in [0.5, 0.6) is 0 Å². The predicted octanol–water partition coefficient (Wildman–Crippen LogP) is -0.156. The monoisotopic (exact) mass is 232 g/mol. The molecule has 88 valence electrons. The van der Waals surface area contributed by atoms with Crippen molar-refractivity contribution in [2.45, 2.75) is 25.3 Å². The van der Waals surface area contributed by atoms with Gasteiger partial charge in [0, 0.05) is 25.7 Å². The first-order valence-electron chi connectivity index (χ1n) is 5.75. The molecule has 2 fully saturated rings. The van der Waals surface area contributed by atoms with Gasteiger partial charge >= 0.3 is 0 Å². The number of hydrogen-bond acceptors (Lipinski definition) is 4. The molecule has 1 atom stereocenters. The van der Waals surface area contributed by atoms with Crippen LogP contribution in [0.1, 0.15) is 19.3 Å². The van der Waals surface area contributed by atoms with E-state index in [9.17, 15) is 8.42 Å². The fourth-order valence-corrected chi connectivity index (χ4v) is 4.04. The fraction of sp³-hybridized carbons (Fsp3) is 1.00. The highest BCUT2D eigenvalue weighted by molar-refractivity contribution is 7.91. The molecule has 5 heteroatoms. The van der Waals surface area contributed by atoms with Crippen molar-refractivity contribution in [2.75, 3.05) is 31.1 Å². The van der Waals surface area contributed by atoms with Crippen LogP contribution in [0, 0.1) is 5.92 Å². The highest BCUT2D eigenvalue weighted by Crippen LogP contribution is 2.24. The van der Waals surface area contributed by atoms with Crippen molar-refractivity contribution in [1.29, 1.82) is 0 Å². The van der Waals surface area contributed by atoms with Gasteiger partial charge in [-0.3, -0.25) is 4.90 Å². The number of rotatable bonds is 3. The molecule has 0 aromatic carbocycles. The van der Waals surface area contributed by atoms with Crippen LogP contribution >= 0.6 is 0 Å². The molecule has 0 saturated carbocycles. The summed E-state index contributed by atoms with van der Waals surface area (Å²) in [5.41, 5.74) is 5.63. The van der Waals surface area contributed by atoms with E-state index in [-0.39, 0.29) is 0 Å². The zero-order valence-corrected chi connectivity index (χ0v) is 9.88. The van der Waals surface area contributed by atoms with Gasteiger partial charge in [0.05, 0.1) is 11.5 Å². The van der Waals surface area contributed by atoms with Crippen LogP contribution in [-0.2, 0) is 9.84 Å². The Labute approximate surface area is 91.7 Å². The van der Waals surface area contributed by atoms with Crippen molar-refractivity contribution in [2.24, 2.45) is 11.7 Å². The van der Waals surface area contributed by atoms with E-state index in [1.807, 2.05) is 0 Å². The van der Waals surface area contributed by atoms with Gasteiger partial charge in [0.15, 0.2) is 0 Å². The van der Waals surface area contributed by atoms with Crippen LogP contribution in [0.3, 0.4) is 0 Å². The third-order valence-corrected chi connectivity index (χ3v) is 5.42. The summed E-state index contributed by atoms with van der Waals surface area (Å²) in [5, 5.41) is 0. The van der Waals surface area contributed by atoms with E-state index in [1.54, 1.807) is 0 Å². The standard InChI is InChI=1S/C10H20N2O2S/c11-7-10-1-4-12(10)8-9-2-5-15(13,14)6-3-9/h9-10H,1-8,11H2. The summed E-state index contributed by atoms with van der Waals surface area (Å²) < 4.78 is 22.5. The average Bonchev–Trinajstić information content (AvgIpc) is 2.15. The number of nitrogens with two attached hydrogens (primary N) is 1. The predicted molar refractivity (Wildman–Crippen MR) is 60.4 cm³/mol. The average molecular weight is 232 g/mol. The molecular formula is C10H20N2O2S. The van der Waals surface area contributed by atoms with E-state index in [0.717, 1.165) is 32.5 Å². The second kappa shape index (κ2) is 4.39. The van der Waals surface area contributed by atoms with Crippen molar-refractivity contribution < 1.29 is 8.42 Å². The first kappa shape index (κ1) is 11.4. The molecule has 0 radical (unpaired) electrons. The summed E-state index contributed by atoms with van der Waals surface area (Å²) >= 11 is 0. The Morgan fingerprint density at radius 3 is 2.33 bits per heavy atom. The lowest BCUT2D eigenvalue weighted by atomic mass is 9.96. The minimum Gasteiger partial charge on any atom is -0.329 e. The quantitative estimate of drug-likeness (QED) is 0.734. The molecule has 2 rings (SSSR count). The molecule has 0 amide bonds. The first-order chi connectivity index (χ1) is 7.11. The molecule has 2 aliphatic rings. The summed E-state index contributed by atoms with van der Waals surface area (Å²) in [7, 11) is -2.70. The Hall–Kier alpha value is -0.130. The summed E-state index contributed by atoms with van der Waals surface area (Å²) in [5.74, 6) is 1.35. The molecule has 2 saturated heterocycles. The van der Waals surface area contributed by atoms with Crippen LogP contribution in [0.25, 0.3) is 0 Å². The minimum atomic E-state index is -2.70. The Morgan fingerprint density at radius 2 is 1.87 bits per heavy atom. The third kappa shape index (κ3) is 2.71. The van der Waals surface area contributed by atoms with E-state index in [2.05, 4.69) is 4.90 Å². The van der Waals surface area contributed by atoms with Gasteiger partial charge in [-0.05, 0) is 25.2 Å². The maximum absolute atomic E-state index is 11.3. The van der Waals surface area contributed by atoms with Crippen LogP contribution in [0.4, 0.5) is 0 Å². The normalized spacial score (nSPS) is 32.5. The number of nitrogens with zero attached hydrogens (tertiary/aromatic N) is 1. The van der Waals surface area contributed by atoms with E-state index < -0.39 is 9.84 Å². The van der Waals surface area contributed by atoms with Crippen LogP contribution in [-0.4, -0.2) is 50.5 Å². The smallest absolute Gasteiger partial charge is 0.150 e. The topological polar surface area (TPSA) is 63.4 Å². The lowest BCUT2D eigenvalue weighted by molar-refractivity contribution is 0.0745. The summed E-state index contributed by atoms with van der Waals surface area (Å²) in [4.78, 5) is 2.41. The van der Waals surface area contributed by atoms with Crippen molar-refractivity contribution in [1.82, 2.24) is 4.90 Å². The minimum absolute atomic E-state index is 0.388. The van der Waals surface area contributed by atoms with Gasteiger partial charge in [-0.2, -0.15) is 0 Å². The molecule has 2 aliphatic heterocycles. The lowest BCUT2D eigenvalue weighted by Gasteiger charge is -2.42. The van der Waals surface area contributed by atoms with Crippen LogP contribution in [0.15, 0.2) is 0 Å². The van der Waals surface area contributed by atoms with E-state index >= 15 is 0 Å². The SMILES string of the molecule is NCC1CCN1CC1CCS(=O)(=O)CC1. The molecule has 0 aliphatic carbocycles. The molecule has 4 nitrogen and oxygen atoms in total. The highest BCUT2D eigenvalue weighted by Gasteiger charge is 2.31. The Balaban J connectivity index is 1.77. The van der Waals surface area contributed by atoms with Crippen LogP contribution < -0.4 is 5.73 Å². The van der Waals surface area contributed by atoms with E-state index in [1.165, 1.54) is 6.42 Å². The summed E-state index contributed by atoms with van der Waals surface area (Å²) in [6, 6.07) is 0.559. The second-order valence-electron chi connectivity index (χ2n) is 4.77. The zero-order chi connectivity index (χ0) is 10.9. The van der Waals surface area contributed by atoms with Gasteiger partial charge in [0.1, 0.15) is 9.84 Å². The fourth-order valence-electron chi connectivity index (χ4n) is 2.45. The maximum atomic E-state index is 11.3. The van der Waals surface area contributed by atoms with Crippen molar-refractivity contribution in [3.63, 3.8) is 0 Å². The molecule has 0 spiro atoms. The zero-order valence-electron chi connectivity index (χ0n) is 9.06. The maximum Gasteiger partial charge on any atom is 0.150 e. The second-order valence-corrected chi connectivity index (χ2v) is 7.07. The van der Waals surface area contributed by atoms with Gasteiger partial charge in [0.2, 0.25) is 0 Å². The Morgan fingerprint density at radius 1 is 1.20 bits per heavy atom. The summed E-state index contributed by atoms with van der Waals surface area (Å²) in [6.45, 7) is 2.94. The number of hydrogen-bond donors (Lipinski definition) is 1. The molecule has 1 unspecified atom stereocenters. The Kier molecular flexibility index (Phi) is 3.33. The molecule has 0 bridgehead atoms. The van der Waals surface area contributed by atoms with Gasteiger partial charge < -0.3 is 5.73 Å². The van der Waals surface area contributed by atoms with Crippen LogP contribution in [0.2, 0.25) is 0 Å². The van der Waals surface area contributed by atoms with E-state index in [4.69, 9.17) is 5.73 Å². The van der Waals surface area contributed by atoms with Gasteiger partial charge in [0.25, 0.3) is 0 Å². The van der Waals surface area contributed by atoms with Crippen molar-refractivity contribution in [3.05, 3.63) is 0 Å². The number of sulfone groups is 1. The number of likely N-dealkylation sites (tertiary alicyclic amines) is 1. The van der Waals surface area contributed by atoms with Crippen molar-refractivity contribution in [3.8, 4) is 0 Å². The lowest BCUT2D eigenvalue weighted by Crippen LogP contribution is -2.53. The van der Waals surface area contributed by atoms with Gasteiger partial charge in [-0.25, -0.2) is 8.42 Å². The molecular weight excluding hydrogens is 212 g/mol. The van der Waals surface area contributed by atoms with Gasteiger partial charge in [-0.15, -0.1) is 0 Å². The first-order valence-corrected chi connectivity index (χ1v) is 7.57. The van der Waals surface area contributed by atoms with Crippen molar-refractivity contribution >= 4 is 9.84 Å². The van der Waals surface area contributed by atoms with Gasteiger partial charge in [-0.1, -0.05) is 0 Å². The Bertz CT molecular complexity index is 299. The third-order valence-electron chi connectivity index (χ3n) is 3.70. The molecule has 2 heterocycles. The summed E-state index contributed by atoms with van der Waals surface area (Å²) in [6.07, 6.45) is 2.90. The molecule has 15 heavy (non-hydrogen) atoms. The highest BCUT2D eigenvalue weighted by atomic mass is 32.2. The van der Waals surface area contributed by atoms with E-state index in [0.29, 0.717) is 23.5 Å². The largest absolute Gasteiger partial charge is 0.329 e.